The van der Waals surface area contributed by atoms with E-state index in [2.05, 4.69) is 21.4 Å². The minimum Gasteiger partial charge on any atom is -0.494 e. The molecule has 0 aliphatic heterocycles. The normalized spacial score (nSPS) is 10.5. The Morgan fingerprint density at radius 2 is 1.81 bits per heavy atom. The van der Waals surface area contributed by atoms with Crippen molar-refractivity contribution in [2.45, 2.75) is 13.5 Å². The van der Waals surface area contributed by atoms with Gasteiger partial charge in [-0.15, -0.1) is 0 Å². The molecule has 4 nitrogen and oxygen atoms in total. The number of anilines is 1. The Hall–Kier alpha value is -2.62. The maximum absolute atomic E-state index is 5.63. The molecule has 3 rings (SSSR count). The average molecular weight is 279 g/mol. The lowest BCUT2D eigenvalue weighted by Gasteiger charge is -2.12. The van der Waals surface area contributed by atoms with Gasteiger partial charge in [-0.1, -0.05) is 18.2 Å². The molecule has 0 bridgehead atoms. The molecule has 2 aromatic carbocycles. The molecule has 3 aromatic rings. The second-order valence-electron chi connectivity index (χ2n) is 4.65. The van der Waals surface area contributed by atoms with E-state index in [4.69, 9.17) is 4.74 Å². The van der Waals surface area contributed by atoms with E-state index in [0.717, 1.165) is 28.0 Å². The van der Waals surface area contributed by atoms with Crippen LogP contribution in [0.15, 0.2) is 54.9 Å². The molecule has 106 valence electrons. The number of rotatable bonds is 5. The largest absolute Gasteiger partial charge is 0.494 e. The molecule has 1 aromatic heterocycles. The van der Waals surface area contributed by atoms with Crippen LogP contribution in [0.5, 0.6) is 5.75 Å². The first kappa shape index (κ1) is 13.4. The van der Waals surface area contributed by atoms with Crippen LogP contribution in [0.25, 0.3) is 11.0 Å². The number of fused-ring (bicyclic) bond motifs is 1. The third kappa shape index (κ3) is 3.11. The minimum absolute atomic E-state index is 0.669. The van der Waals surface area contributed by atoms with Crippen molar-refractivity contribution < 1.29 is 4.74 Å². The number of hydrogen-bond acceptors (Lipinski definition) is 4. The molecular weight excluding hydrogens is 262 g/mol. The van der Waals surface area contributed by atoms with E-state index < -0.39 is 0 Å². The zero-order valence-corrected chi connectivity index (χ0v) is 11.9. The molecule has 21 heavy (non-hydrogen) atoms. The van der Waals surface area contributed by atoms with Gasteiger partial charge in [0, 0.05) is 30.2 Å². The van der Waals surface area contributed by atoms with Crippen molar-refractivity contribution in [3.8, 4) is 5.75 Å². The van der Waals surface area contributed by atoms with E-state index in [0.29, 0.717) is 13.2 Å². The number of hydrogen-bond donors (Lipinski definition) is 1. The van der Waals surface area contributed by atoms with Crippen LogP contribution in [0, 0.1) is 0 Å². The standard InChI is InChI=1S/C17H17N3O/c1-2-21-17-6-4-3-5-13(17)12-20-14-7-8-15-16(11-14)19-10-9-18-15/h3-11,20H,2,12H2,1H3. The minimum atomic E-state index is 0.669. The zero-order valence-electron chi connectivity index (χ0n) is 11.9. The van der Waals surface area contributed by atoms with Gasteiger partial charge in [-0.2, -0.15) is 0 Å². The summed E-state index contributed by atoms with van der Waals surface area (Å²) in [6, 6.07) is 14.1. The third-order valence-electron chi connectivity index (χ3n) is 3.22. The molecule has 0 spiro atoms. The average Bonchev–Trinajstić information content (AvgIpc) is 2.54. The zero-order chi connectivity index (χ0) is 14.5. The smallest absolute Gasteiger partial charge is 0.124 e. The molecule has 0 radical (unpaired) electrons. The summed E-state index contributed by atoms with van der Waals surface area (Å²) >= 11 is 0. The van der Waals surface area contributed by atoms with Crippen molar-refractivity contribution in [2.24, 2.45) is 0 Å². The molecule has 0 amide bonds. The number of aromatic nitrogens is 2. The SMILES string of the molecule is CCOc1ccccc1CNc1ccc2nccnc2c1. The van der Waals surface area contributed by atoms with E-state index in [1.807, 2.05) is 43.3 Å². The molecule has 4 heteroatoms. The molecule has 0 unspecified atom stereocenters. The fraction of sp³-hybridized carbons (Fsp3) is 0.176. The summed E-state index contributed by atoms with van der Waals surface area (Å²) in [6.07, 6.45) is 3.41. The van der Waals surface area contributed by atoms with Crippen molar-refractivity contribution in [1.29, 1.82) is 0 Å². The van der Waals surface area contributed by atoms with Crippen LogP contribution in [-0.2, 0) is 6.54 Å². The van der Waals surface area contributed by atoms with Crippen molar-refractivity contribution >= 4 is 16.7 Å². The Morgan fingerprint density at radius 1 is 1.00 bits per heavy atom. The summed E-state index contributed by atoms with van der Waals surface area (Å²) in [5.41, 5.74) is 3.95. The van der Waals surface area contributed by atoms with Crippen molar-refractivity contribution in [2.75, 3.05) is 11.9 Å². The van der Waals surface area contributed by atoms with E-state index >= 15 is 0 Å². The molecular formula is C17H17N3O. The molecule has 0 aliphatic carbocycles. The summed E-state index contributed by atoms with van der Waals surface area (Å²) in [7, 11) is 0. The molecule has 0 fully saturated rings. The number of nitrogens with one attached hydrogen (secondary N) is 1. The van der Waals surface area contributed by atoms with Crippen molar-refractivity contribution in [1.82, 2.24) is 9.97 Å². The van der Waals surface area contributed by atoms with Crippen LogP contribution < -0.4 is 10.1 Å². The van der Waals surface area contributed by atoms with Crippen LogP contribution in [-0.4, -0.2) is 16.6 Å². The predicted octanol–water partition coefficient (Wildman–Crippen LogP) is 3.64. The number of benzene rings is 2. The van der Waals surface area contributed by atoms with Crippen LogP contribution in [0.4, 0.5) is 5.69 Å². The van der Waals surface area contributed by atoms with E-state index in [1.165, 1.54) is 0 Å². The molecule has 0 saturated heterocycles. The van der Waals surface area contributed by atoms with Crippen LogP contribution >= 0.6 is 0 Å². The fourth-order valence-corrected chi connectivity index (χ4v) is 2.22. The van der Waals surface area contributed by atoms with Crippen molar-refractivity contribution in [3.63, 3.8) is 0 Å². The second kappa shape index (κ2) is 6.22. The highest BCUT2D eigenvalue weighted by atomic mass is 16.5. The van der Waals surface area contributed by atoms with Gasteiger partial charge in [0.25, 0.3) is 0 Å². The topological polar surface area (TPSA) is 47.0 Å². The lowest BCUT2D eigenvalue weighted by Crippen LogP contribution is -2.03. The van der Waals surface area contributed by atoms with Crippen LogP contribution in [0.1, 0.15) is 12.5 Å². The summed E-state index contributed by atoms with van der Waals surface area (Å²) in [6.45, 7) is 3.37. The third-order valence-corrected chi connectivity index (χ3v) is 3.22. The molecule has 0 atom stereocenters. The highest BCUT2D eigenvalue weighted by Gasteiger charge is 2.03. The number of ether oxygens (including phenoxy) is 1. The van der Waals surface area contributed by atoms with Gasteiger partial charge in [-0.25, -0.2) is 0 Å². The number of nitrogens with zero attached hydrogens (tertiary/aromatic N) is 2. The van der Waals surface area contributed by atoms with Gasteiger partial charge < -0.3 is 10.1 Å². The Kier molecular flexibility index (Phi) is 3.96. The molecule has 1 heterocycles. The quantitative estimate of drug-likeness (QED) is 0.774. The summed E-state index contributed by atoms with van der Waals surface area (Å²) in [5.74, 6) is 0.924. The van der Waals surface area contributed by atoms with E-state index in [1.54, 1.807) is 12.4 Å². The Balaban J connectivity index is 1.77. The summed E-state index contributed by atoms with van der Waals surface area (Å²) < 4.78 is 5.63. The highest BCUT2D eigenvalue weighted by molar-refractivity contribution is 5.78. The van der Waals surface area contributed by atoms with Gasteiger partial charge in [-0.3, -0.25) is 9.97 Å². The lowest BCUT2D eigenvalue weighted by molar-refractivity contribution is 0.337. The van der Waals surface area contributed by atoms with Gasteiger partial charge in [0.2, 0.25) is 0 Å². The van der Waals surface area contributed by atoms with E-state index in [9.17, 15) is 0 Å². The van der Waals surface area contributed by atoms with Gasteiger partial charge in [-0.05, 0) is 31.2 Å². The maximum atomic E-state index is 5.63. The summed E-state index contributed by atoms with van der Waals surface area (Å²) in [4.78, 5) is 8.59. The van der Waals surface area contributed by atoms with Crippen LogP contribution in [0.3, 0.4) is 0 Å². The van der Waals surface area contributed by atoms with Crippen molar-refractivity contribution in [3.05, 3.63) is 60.4 Å². The van der Waals surface area contributed by atoms with Gasteiger partial charge >= 0.3 is 0 Å². The molecule has 1 N–H and O–H groups in total. The predicted molar refractivity (Wildman–Crippen MR) is 84.5 cm³/mol. The first-order chi connectivity index (χ1) is 10.4. The molecule has 0 aliphatic rings. The number of para-hydroxylation sites is 1. The summed E-state index contributed by atoms with van der Waals surface area (Å²) in [5, 5.41) is 3.40. The van der Waals surface area contributed by atoms with Gasteiger partial charge in [0.05, 0.1) is 17.6 Å². The van der Waals surface area contributed by atoms with Gasteiger partial charge in [0.15, 0.2) is 0 Å². The monoisotopic (exact) mass is 279 g/mol. The Morgan fingerprint density at radius 3 is 2.67 bits per heavy atom. The Bertz CT molecular complexity index is 743. The highest BCUT2D eigenvalue weighted by Crippen LogP contribution is 2.21. The Labute approximate surface area is 123 Å². The molecule has 0 saturated carbocycles. The maximum Gasteiger partial charge on any atom is 0.124 e. The van der Waals surface area contributed by atoms with Crippen LogP contribution in [0.2, 0.25) is 0 Å². The fourth-order valence-electron chi connectivity index (χ4n) is 2.22. The van der Waals surface area contributed by atoms with Gasteiger partial charge in [0.1, 0.15) is 5.75 Å². The first-order valence-electron chi connectivity index (χ1n) is 7.02. The van der Waals surface area contributed by atoms with E-state index in [-0.39, 0.29) is 0 Å². The second-order valence-corrected chi connectivity index (χ2v) is 4.65. The lowest BCUT2D eigenvalue weighted by atomic mass is 10.2. The first-order valence-corrected chi connectivity index (χ1v) is 7.02.